The third-order valence-corrected chi connectivity index (χ3v) is 2.65. The molecule has 94 valence electrons. The molecule has 2 aromatic rings. The molecule has 0 spiro atoms. The van der Waals surface area contributed by atoms with E-state index in [9.17, 15) is 4.79 Å². The zero-order chi connectivity index (χ0) is 13.0. The smallest absolute Gasteiger partial charge is 0.325 e. The van der Waals surface area contributed by atoms with Crippen LogP contribution in [0, 0.1) is 0 Å². The Morgan fingerprint density at radius 3 is 2.61 bits per heavy atom. The van der Waals surface area contributed by atoms with E-state index in [1.807, 2.05) is 24.3 Å². The fourth-order valence-corrected chi connectivity index (χ4v) is 1.77. The number of carbonyl (C=O) groups is 1. The molecule has 5 heteroatoms. The van der Waals surface area contributed by atoms with Gasteiger partial charge in [-0.3, -0.25) is 9.48 Å². The summed E-state index contributed by atoms with van der Waals surface area (Å²) in [5.41, 5.74) is 8.62. The molecule has 1 heterocycles. The van der Waals surface area contributed by atoms with Crippen molar-refractivity contribution in [2.75, 3.05) is 6.54 Å². The van der Waals surface area contributed by atoms with Crippen molar-refractivity contribution in [3.8, 4) is 11.1 Å². The summed E-state index contributed by atoms with van der Waals surface area (Å²) < 4.78 is 1.41. The summed E-state index contributed by atoms with van der Waals surface area (Å²) in [5, 5.41) is 12.7. The molecule has 0 aliphatic heterocycles. The van der Waals surface area contributed by atoms with Crippen LogP contribution in [0.15, 0.2) is 36.7 Å². The van der Waals surface area contributed by atoms with Gasteiger partial charge in [0.05, 0.1) is 6.20 Å². The van der Waals surface area contributed by atoms with E-state index >= 15 is 0 Å². The molecule has 0 aliphatic carbocycles. The number of carboxylic acids is 1. The Balaban J connectivity index is 2.15. The van der Waals surface area contributed by atoms with E-state index in [0.717, 1.165) is 17.5 Å². The lowest BCUT2D eigenvalue weighted by Crippen LogP contribution is -2.08. The quantitative estimate of drug-likeness (QED) is 0.827. The molecule has 0 saturated carbocycles. The molecule has 0 saturated heterocycles. The monoisotopic (exact) mass is 245 g/mol. The van der Waals surface area contributed by atoms with E-state index in [0.29, 0.717) is 6.54 Å². The zero-order valence-corrected chi connectivity index (χ0v) is 9.91. The Labute approximate surface area is 105 Å². The number of aromatic nitrogens is 2. The van der Waals surface area contributed by atoms with Gasteiger partial charge >= 0.3 is 5.97 Å². The second-order valence-corrected chi connectivity index (χ2v) is 4.06. The molecular formula is C13H15N3O2. The first kappa shape index (κ1) is 12.3. The van der Waals surface area contributed by atoms with Crippen LogP contribution in [0.1, 0.15) is 5.56 Å². The third-order valence-electron chi connectivity index (χ3n) is 2.65. The number of carboxylic acid groups (broad SMARTS) is 1. The van der Waals surface area contributed by atoms with Crippen molar-refractivity contribution in [2.24, 2.45) is 5.73 Å². The normalized spacial score (nSPS) is 10.5. The number of aliphatic carboxylic acids is 1. The van der Waals surface area contributed by atoms with Crippen molar-refractivity contribution in [1.82, 2.24) is 9.78 Å². The molecule has 1 aromatic carbocycles. The highest BCUT2D eigenvalue weighted by atomic mass is 16.4. The predicted molar refractivity (Wildman–Crippen MR) is 68.1 cm³/mol. The Bertz CT molecular complexity index is 531. The van der Waals surface area contributed by atoms with Crippen molar-refractivity contribution in [1.29, 1.82) is 0 Å². The summed E-state index contributed by atoms with van der Waals surface area (Å²) in [7, 11) is 0. The van der Waals surface area contributed by atoms with Gasteiger partial charge in [0, 0.05) is 11.8 Å². The van der Waals surface area contributed by atoms with Crippen molar-refractivity contribution < 1.29 is 9.90 Å². The third kappa shape index (κ3) is 2.95. The molecule has 2 rings (SSSR count). The van der Waals surface area contributed by atoms with E-state index in [1.54, 1.807) is 12.4 Å². The number of nitrogens with two attached hydrogens (primary N) is 1. The number of nitrogens with zero attached hydrogens (tertiary/aromatic N) is 2. The molecule has 0 atom stereocenters. The highest BCUT2D eigenvalue weighted by Gasteiger charge is 2.04. The minimum Gasteiger partial charge on any atom is -0.480 e. The fourth-order valence-electron chi connectivity index (χ4n) is 1.77. The maximum absolute atomic E-state index is 10.6. The van der Waals surface area contributed by atoms with Crippen LogP contribution in [0.2, 0.25) is 0 Å². The zero-order valence-electron chi connectivity index (χ0n) is 9.91. The van der Waals surface area contributed by atoms with E-state index in [2.05, 4.69) is 5.10 Å². The van der Waals surface area contributed by atoms with Gasteiger partial charge in [0.25, 0.3) is 0 Å². The van der Waals surface area contributed by atoms with Gasteiger partial charge in [0.2, 0.25) is 0 Å². The van der Waals surface area contributed by atoms with Crippen molar-refractivity contribution in [3.63, 3.8) is 0 Å². The molecule has 0 amide bonds. The Morgan fingerprint density at radius 2 is 2.00 bits per heavy atom. The van der Waals surface area contributed by atoms with Crippen LogP contribution >= 0.6 is 0 Å². The lowest BCUT2D eigenvalue weighted by molar-refractivity contribution is -0.137. The first-order valence-electron chi connectivity index (χ1n) is 5.72. The number of hydrogen-bond donors (Lipinski definition) is 2. The average Bonchev–Trinajstić information content (AvgIpc) is 2.78. The van der Waals surface area contributed by atoms with Crippen molar-refractivity contribution >= 4 is 5.97 Å². The topological polar surface area (TPSA) is 81.1 Å². The highest BCUT2D eigenvalue weighted by Crippen LogP contribution is 2.19. The molecule has 0 radical (unpaired) electrons. The summed E-state index contributed by atoms with van der Waals surface area (Å²) in [6.07, 6.45) is 4.26. The standard InChI is InChI=1S/C13H15N3O2/c14-6-5-10-1-3-11(4-2-10)12-7-15-16(8-12)9-13(17)18/h1-4,7-8H,5-6,9,14H2,(H,17,18). The minimum absolute atomic E-state index is 0.120. The molecule has 1 aromatic heterocycles. The summed E-state index contributed by atoms with van der Waals surface area (Å²) in [6, 6.07) is 8.04. The van der Waals surface area contributed by atoms with Gasteiger partial charge in [-0.1, -0.05) is 24.3 Å². The van der Waals surface area contributed by atoms with E-state index in [-0.39, 0.29) is 6.54 Å². The van der Waals surface area contributed by atoms with Crippen LogP contribution in [0.25, 0.3) is 11.1 Å². The summed E-state index contributed by atoms with van der Waals surface area (Å²) in [4.78, 5) is 10.6. The van der Waals surface area contributed by atoms with Crippen molar-refractivity contribution in [3.05, 3.63) is 42.2 Å². The molecule has 0 unspecified atom stereocenters. The van der Waals surface area contributed by atoms with Crippen LogP contribution < -0.4 is 5.73 Å². The largest absolute Gasteiger partial charge is 0.480 e. The molecule has 0 fully saturated rings. The van der Waals surface area contributed by atoms with Gasteiger partial charge in [-0.15, -0.1) is 0 Å². The fraction of sp³-hybridized carbons (Fsp3) is 0.231. The Morgan fingerprint density at radius 1 is 1.28 bits per heavy atom. The van der Waals surface area contributed by atoms with Gasteiger partial charge < -0.3 is 10.8 Å². The predicted octanol–water partition coefficient (Wildman–Crippen LogP) is 1.14. The van der Waals surface area contributed by atoms with Crippen LogP contribution in [0.3, 0.4) is 0 Å². The second-order valence-electron chi connectivity index (χ2n) is 4.06. The van der Waals surface area contributed by atoms with Gasteiger partial charge in [-0.05, 0) is 24.1 Å². The molecule has 18 heavy (non-hydrogen) atoms. The van der Waals surface area contributed by atoms with E-state index in [4.69, 9.17) is 10.8 Å². The molecule has 3 N–H and O–H groups in total. The summed E-state index contributed by atoms with van der Waals surface area (Å²) in [5.74, 6) is -0.900. The molecule has 0 aliphatic rings. The molecular weight excluding hydrogens is 230 g/mol. The van der Waals surface area contributed by atoms with Crippen LogP contribution in [-0.4, -0.2) is 27.4 Å². The maximum atomic E-state index is 10.6. The average molecular weight is 245 g/mol. The van der Waals surface area contributed by atoms with Crippen LogP contribution in [0.5, 0.6) is 0 Å². The van der Waals surface area contributed by atoms with E-state index in [1.165, 1.54) is 10.2 Å². The maximum Gasteiger partial charge on any atom is 0.325 e. The first-order chi connectivity index (χ1) is 8.69. The minimum atomic E-state index is -0.900. The van der Waals surface area contributed by atoms with Gasteiger partial charge in [-0.2, -0.15) is 5.10 Å². The van der Waals surface area contributed by atoms with E-state index < -0.39 is 5.97 Å². The first-order valence-corrected chi connectivity index (χ1v) is 5.72. The lowest BCUT2D eigenvalue weighted by atomic mass is 10.1. The van der Waals surface area contributed by atoms with Crippen LogP contribution in [0.4, 0.5) is 0 Å². The molecule has 5 nitrogen and oxygen atoms in total. The number of hydrogen-bond acceptors (Lipinski definition) is 3. The summed E-state index contributed by atoms with van der Waals surface area (Å²) >= 11 is 0. The number of rotatable bonds is 5. The summed E-state index contributed by atoms with van der Waals surface area (Å²) in [6.45, 7) is 0.515. The van der Waals surface area contributed by atoms with Crippen LogP contribution in [-0.2, 0) is 17.8 Å². The molecule has 0 bridgehead atoms. The Hall–Kier alpha value is -2.14. The number of benzene rings is 1. The Kier molecular flexibility index (Phi) is 3.74. The highest BCUT2D eigenvalue weighted by molar-refractivity contribution is 5.67. The van der Waals surface area contributed by atoms with Gasteiger partial charge in [-0.25, -0.2) is 0 Å². The van der Waals surface area contributed by atoms with Gasteiger partial charge in [0.1, 0.15) is 6.54 Å². The SMILES string of the molecule is NCCc1ccc(-c2cnn(CC(=O)O)c2)cc1. The lowest BCUT2D eigenvalue weighted by Gasteiger charge is -2.01. The van der Waals surface area contributed by atoms with Gasteiger partial charge in [0.15, 0.2) is 0 Å². The van der Waals surface area contributed by atoms with Crippen molar-refractivity contribution in [2.45, 2.75) is 13.0 Å². The second kappa shape index (κ2) is 5.46.